The first-order valence-corrected chi connectivity index (χ1v) is 13.1. The molecule has 0 spiro atoms. The lowest BCUT2D eigenvalue weighted by Gasteiger charge is -2.36. The summed E-state index contributed by atoms with van der Waals surface area (Å²) in [5.74, 6) is 2.32. The molecule has 6 nitrogen and oxygen atoms in total. The number of aromatic nitrogens is 2. The number of hydrogen-bond acceptors (Lipinski definition) is 4. The molecule has 2 heterocycles. The first-order chi connectivity index (χ1) is 17.0. The van der Waals surface area contributed by atoms with E-state index in [9.17, 15) is 4.79 Å². The number of hydrogen-bond donors (Lipinski definition) is 0. The molecule has 4 rings (SSSR count). The van der Waals surface area contributed by atoms with Gasteiger partial charge in [-0.3, -0.25) is 9.69 Å². The third kappa shape index (κ3) is 6.04. The molecule has 1 amide bonds. The molecule has 1 saturated heterocycles. The van der Waals surface area contributed by atoms with Crippen LogP contribution in [0.15, 0.2) is 48.5 Å². The lowest BCUT2D eigenvalue weighted by Crippen LogP contribution is -2.47. The molecule has 1 aromatic heterocycles. The van der Waals surface area contributed by atoms with Gasteiger partial charge in [0.05, 0.1) is 30.6 Å². The Labute approximate surface area is 209 Å². The number of fused-ring (bicyclic) bond motifs is 1. The van der Waals surface area contributed by atoms with E-state index in [1.807, 2.05) is 18.2 Å². The topological polar surface area (TPSA) is 50.6 Å². The van der Waals surface area contributed by atoms with Gasteiger partial charge in [0.15, 0.2) is 0 Å². The SMILES string of the molecule is CCCCN(C(=O)[C@H]1CCCN(Cc2nc3ccccc3n2Cc2ccc(OC)cc2)C1)C(C)C. The number of unbranched alkanes of at least 4 members (excludes halogenated alkanes) is 1. The van der Waals surface area contributed by atoms with Crippen molar-refractivity contribution in [1.29, 1.82) is 0 Å². The van der Waals surface area contributed by atoms with Gasteiger partial charge in [-0.05, 0) is 69.5 Å². The number of amides is 1. The van der Waals surface area contributed by atoms with Crippen LogP contribution in [0.3, 0.4) is 0 Å². The van der Waals surface area contributed by atoms with Crippen molar-refractivity contribution in [3.05, 3.63) is 59.9 Å². The highest BCUT2D eigenvalue weighted by atomic mass is 16.5. The fourth-order valence-corrected chi connectivity index (χ4v) is 5.12. The third-order valence-corrected chi connectivity index (χ3v) is 7.11. The number of carbonyl (C=O) groups excluding carboxylic acids is 1. The minimum atomic E-state index is 0.0717. The second-order valence-electron chi connectivity index (χ2n) is 10.0. The van der Waals surface area contributed by atoms with Gasteiger partial charge < -0.3 is 14.2 Å². The van der Waals surface area contributed by atoms with Gasteiger partial charge in [0, 0.05) is 25.7 Å². The first kappa shape index (κ1) is 25.2. The third-order valence-electron chi connectivity index (χ3n) is 7.11. The number of likely N-dealkylation sites (tertiary alicyclic amines) is 1. The molecular formula is C29H40N4O2. The summed E-state index contributed by atoms with van der Waals surface area (Å²) in [5, 5.41) is 0. The van der Waals surface area contributed by atoms with Crippen LogP contribution in [0, 0.1) is 5.92 Å². The highest BCUT2D eigenvalue weighted by molar-refractivity contribution is 5.79. The maximum atomic E-state index is 13.4. The lowest BCUT2D eigenvalue weighted by molar-refractivity contribution is -0.139. The highest BCUT2D eigenvalue weighted by Crippen LogP contribution is 2.25. The van der Waals surface area contributed by atoms with Crippen molar-refractivity contribution in [3.63, 3.8) is 0 Å². The summed E-state index contributed by atoms with van der Waals surface area (Å²) >= 11 is 0. The predicted molar refractivity (Wildman–Crippen MR) is 142 cm³/mol. The normalized spacial score (nSPS) is 16.7. The van der Waals surface area contributed by atoms with E-state index in [2.05, 4.69) is 65.5 Å². The molecule has 0 bridgehead atoms. The van der Waals surface area contributed by atoms with Crippen LogP contribution in [0.4, 0.5) is 0 Å². The number of carbonyl (C=O) groups is 1. The van der Waals surface area contributed by atoms with E-state index in [4.69, 9.17) is 9.72 Å². The second-order valence-corrected chi connectivity index (χ2v) is 10.0. The second kappa shape index (κ2) is 11.7. The molecule has 0 unspecified atom stereocenters. The van der Waals surface area contributed by atoms with Gasteiger partial charge in [0.1, 0.15) is 11.6 Å². The molecule has 1 aliphatic heterocycles. The van der Waals surface area contributed by atoms with Crippen LogP contribution in [-0.2, 0) is 17.9 Å². The number of rotatable bonds is 10. The Morgan fingerprint density at radius 3 is 2.63 bits per heavy atom. The van der Waals surface area contributed by atoms with Gasteiger partial charge in [0.25, 0.3) is 0 Å². The minimum absolute atomic E-state index is 0.0717. The number of ether oxygens (including phenoxy) is 1. The number of methoxy groups -OCH3 is 1. The first-order valence-electron chi connectivity index (χ1n) is 13.1. The zero-order chi connectivity index (χ0) is 24.8. The van der Waals surface area contributed by atoms with Crippen LogP contribution in [0.5, 0.6) is 5.75 Å². The number of benzene rings is 2. The maximum Gasteiger partial charge on any atom is 0.227 e. The van der Waals surface area contributed by atoms with Gasteiger partial charge in [-0.15, -0.1) is 0 Å². The van der Waals surface area contributed by atoms with Crippen LogP contribution in [0.2, 0.25) is 0 Å². The molecule has 0 radical (unpaired) electrons. The van der Waals surface area contributed by atoms with Crippen LogP contribution in [0.1, 0.15) is 57.8 Å². The minimum Gasteiger partial charge on any atom is -0.497 e. The van der Waals surface area contributed by atoms with E-state index in [0.29, 0.717) is 5.91 Å². The molecule has 0 saturated carbocycles. The van der Waals surface area contributed by atoms with Gasteiger partial charge in [0.2, 0.25) is 5.91 Å². The standard InChI is InChI=1S/C29H40N4O2/c1-5-6-18-32(22(2)3)29(34)24-10-9-17-31(20-24)21-28-30-26-11-7-8-12-27(26)33(28)19-23-13-15-25(35-4)16-14-23/h7-8,11-16,22,24H,5-6,9-10,17-21H2,1-4H3/t24-/m0/s1. The van der Waals surface area contributed by atoms with E-state index < -0.39 is 0 Å². The number of nitrogens with zero attached hydrogens (tertiary/aromatic N) is 4. The molecule has 0 N–H and O–H groups in total. The van der Waals surface area contributed by atoms with Crippen molar-refractivity contribution in [2.45, 2.75) is 65.6 Å². The van der Waals surface area contributed by atoms with Gasteiger partial charge in [-0.25, -0.2) is 4.98 Å². The maximum absolute atomic E-state index is 13.4. The summed E-state index contributed by atoms with van der Waals surface area (Å²) in [6.45, 7) is 10.6. The zero-order valence-electron chi connectivity index (χ0n) is 21.7. The molecule has 188 valence electrons. The Hall–Kier alpha value is -2.86. The Bertz CT molecular complexity index is 1110. The van der Waals surface area contributed by atoms with Gasteiger partial charge in [-0.1, -0.05) is 37.6 Å². The quantitative estimate of drug-likeness (QED) is 0.396. The van der Waals surface area contributed by atoms with Crippen LogP contribution in [0.25, 0.3) is 11.0 Å². The van der Waals surface area contributed by atoms with Crippen LogP contribution >= 0.6 is 0 Å². The van der Waals surface area contributed by atoms with E-state index in [1.54, 1.807) is 7.11 Å². The zero-order valence-corrected chi connectivity index (χ0v) is 21.7. The molecule has 6 heteroatoms. The number of para-hydroxylation sites is 2. The molecule has 1 fully saturated rings. The van der Waals surface area contributed by atoms with Crippen molar-refractivity contribution in [3.8, 4) is 5.75 Å². The van der Waals surface area contributed by atoms with E-state index in [-0.39, 0.29) is 12.0 Å². The molecule has 2 aromatic carbocycles. The van der Waals surface area contributed by atoms with E-state index in [1.165, 1.54) is 5.56 Å². The van der Waals surface area contributed by atoms with E-state index >= 15 is 0 Å². The molecule has 3 aromatic rings. The largest absolute Gasteiger partial charge is 0.497 e. The summed E-state index contributed by atoms with van der Waals surface area (Å²) in [6, 6.07) is 16.8. The summed E-state index contributed by atoms with van der Waals surface area (Å²) < 4.78 is 7.65. The molecule has 1 aliphatic rings. The fourth-order valence-electron chi connectivity index (χ4n) is 5.12. The molecule has 0 aliphatic carbocycles. The summed E-state index contributed by atoms with van der Waals surface area (Å²) in [5.41, 5.74) is 3.38. The molecule has 35 heavy (non-hydrogen) atoms. The fraction of sp³-hybridized carbons (Fsp3) is 0.517. The van der Waals surface area contributed by atoms with Crippen LogP contribution < -0.4 is 4.74 Å². The summed E-state index contributed by atoms with van der Waals surface area (Å²) in [7, 11) is 1.69. The van der Waals surface area contributed by atoms with E-state index in [0.717, 1.165) is 81.0 Å². The Balaban J connectivity index is 1.52. The molecular weight excluding hydrogens is 436 g/mol. The van der Waals surface area contributed by atoms with Crippen molar-refractivity contribution in [2.75, 3.05) is 26.7 Å². The average molecular weight is 477 g/mol. The van der Waals surface area contributed by atoms with Gasteiger partial charge >= 0.3 is 0 Å². The molecule has 1 atom stereocenters. The van der Waals surface area contributed by atoms with Crippen molar-refractivity contribution >= 4 is 16.9 Å². The van der Waals surface area contributed by atoms with Gasteiger partial charge in [-0.2, -0.15) is 0 Å². The smallest absolute Gasteiger partial charge is 0.227 e. The Morgan fingerprint density at radius 2 is 1.91 bits per heavy atom. The Kier molecular flexibility index (Phi) is 8.45. The highest BCUT2D eigenvalue weighted by Gasteiger charge is 2.30. The summed E-state index contributed by atoms with van der Waals surface area (Å²) in [6.07, 6.45) is 4.20. The predicted octanol–water partition coefficient (Wildman–Crippen LogP) is 5.34. The van der Waals surface area contributed by atoms with Crippen molar-refractivity contribution in [1.82, 2.24) is 19.4 Å². The van der Waals surface area contributed by atoms with Crippen molar-refractivity contribution < 1.29 is 9.53 Å². The van der Waals surface area contributed by atoms with Crippen LogP contribution in [-0.4, -0.2) is 58.0 Å². The van der Waals surface area contributed by atoms with Crippen molar-refractivity contribution in [2.24, 2.45) is 5.92 Å². The summed E-state index contributed by atoms with van der Waals surface area (Å²) in [4.78, 5) is 22.9. The number of piperidine rings is 1. The number of imidazole rings is 1. The monoisotopic (exact) mass is 476 g/mol. The lowest BCUT2D eigenvalue weighted by atomic mass is 9.95. The Morgan fingerprint density at radius 1 is 1.14 bits per heavy atom. The average Bonchev–Trinajstić information content (AvgIpc) is 3.21.